The maximum atomic E-state index is 13.7. The molecule has 1 amide bonds. The van der Waals surface area contributed by atoms with Crippen molar-refractivity contribution in [3.05, 3.63) is 130 Å². The Kier molecular flexibility index (Phi) is 8.71. The highest BCUT2D eigenvalue weighted by Crippen LogP contribution is 2.31. The Morgan fingerprint density at radius 1 is 0.900 bits per heavy atom. The van der Waals surface area contributed by atoms with Crippen LogP contribution in [0.25, 0.3) is 0 Å². The second-order valence-corrected chi connectivity index (χ2v) is 13.3. The third-order valence-electron chi connectivity index (χ3n) is 6.94. The summed E-state index contributed by atoms with van der Waals surface area (Å²) < 4.78 is 28.8. The zero-order valence-corrected chi connectivity index (χ0v) is 25.1. The van der Waals surface area contributed by atoms with Crippen LogP contribution in [0.2, 0.25) is 5.02 Å². The number of anilines is 1. The number of benzene rings is 4. The van der Waals surface area contributed by atoms with E-state index in [0.717, 1.165) is 16.7 Å². The van der Waals surface area contributed by atoms with Crippen molar-refractivity contribution in [1.82, 2.24) is 5.32 Å². The molecule has 1 atom stereocenters. The fourth-order valence-corrected chi connectivity index (χ4v) is 6.13. The van der Waals surface area contributed by atoms with Gasteiger partial charge in [0, 0.05) is 10.6 Å². The van der Waals surface area contributed by atoms with Gasteiger partial charge in [0.15, 0.2) is 0 Å². The zero-order valence-electron chi connectivity index (χ0n) is 23.5. The molecule has 4 rings (SSSR count). The van der Waals surface area contributed by atoms with Crippen molar-refractivity contribution < 1.29 is 13.2 Å². The largest absolute Gasteiger partial charge is 0.346 e. The van der Waals surface area contributed by atoms with E-state index in [1.807, 2.05) is 26.0 Å². The van der Waals surface area contributed by atoms with Crippen molar-refractivity contribution in [2.45, 2.75) is 57.5 Å². The Bertz CT molecular complexity index is 1580. The van der Waals surface area contributed by atoms with Crippen LogP contribution in [0.3, 0.4) is 0 Å². The summed E-state index contributed by atoms with van der Waals surface area (Å²) in [4.78, 5) is 13.2. The number of carbonyl (C=O) groups is 1. The van der Waals surface area contributed by atoms with Gasteiger partial charge in [-0.15, -0.1) is 0 Å². The fourth-order valence-electron chi connectivity index (χ4n) is 4.43. The zero-order chi connectivity index (χ0) is 29.1. The topological polar surface area (TPSA) is 66.5 Å². The smallest absolute Gasteiger partial charge is 0.264 e. The van der Waals surface area contributed by atoms with E-state index in [9.17, 15) is 13.2 Å². The quantitative estimate of drug-likeness (QED) is 0.233. The van der Waals surface area contributed by atoms with E-state index in [4.69, 9.17) is 11.6 Å². The van der Waals surface area contributed by atoms with Gasteiger partial charge >= 0.3 is 0 Å². The van der Waals surface area contributed by atoms with E-state index < -0.39 is 10.0 Å². The Morgan fingerprint density at radius 2 is 1.52 bits per heavy atom. The normalized spacial score (nSPS) is 12.6. The maximum Gasteiger partial charge on any atom is 0.264 e. The fraction of sp³-hybridized carbons (Fsp3) is 0.242. The van der Waals surface area contributed by atoms with Crippen LogP contribution < -0.4 is 9.62 Å². The molecule has 0 aliphatic rings. The van der Waals surface area contributed by atoms with Gasteiger partial charge in [-0.1, -0.05) is 93.0 Å². The second-order valence-electron chi connectivity index (χ2n) is 11.0. The minimum atomic E-state index is -3.88. The highest BCUT2D eigenvalue weighted by Gasteiger charge is 2.27. The molecule has 0 aromatic heterocycles. The van der Waals surface area contributed by atoms with Crippen LogP contribution in [-0.2, 0) is 22.0 Å². The summed E-state index contributed by atoms with van der Waals surface area (Å²) >= 11 is 6.26. The Balaban J connectivity index is 1.54. The monoisotopic (exact) mass is 574 g/mol. The number of carbonyl (C=O) groups excluding carboxylic acids is 1. The minimum Gasteiger partial charge on any atom is -0.346 e. The molecule has 4 aromatic carbocycles. The third-order valence-corrected chi connectivity index (χ3v) is 8.95. The van der Waals surface area contributed by atoms with Crippen molar-refractivity contribution in [2.75, 3.05) is 4.31 Å². The van der Waals surface area contributed by atoms with Crippen molar-refractivity contribution in [3.8, 4) is 0 Å². The maximum absolute atomic E-state index is 13.7. The van der Waals surface area contributed by atoms with Gasteiger partial charge in [0.05, 0.1) is 23.2 Å². The van der Waals surface area contributed by atoms with E-state index in [1.54, 1.807) is 72.8 Å². The molecular weight excluding hydrogens is 540 g/mol. The molecule has 7 heteroatoms. The highest BCUT2D eigenvalue weighted by molar-refractivity contribution is 7.92. The van der Waals surface area contributed by atoms with Crippen LogP contribution in [0.1, 0.15) is 66.3 Å². The van der Waals surface area contributed by atoms with E-state index in [2.05, 4.69) is 38.2 Å². The molecule has 0 fully saturated rings. The van der Waals surface area contributed by atoms with Gasteiger partial charge < -0.3 is 5.32 Å². The molecule has 0 saturated carbocycles. The first-order valence-corrected chi connectivity index (χ1v) is 15.0. The summed E-state index contributed by atoms with van der Waals surface area (Å²) in [5, 5.41) is 3.50. The summed E-state index contributed by atoms with van der Waals surface area (Å²) in [5.41, 5.74) is 4.85. The van der Waals surface area contributed by atoms with Gasteiger partial charge in [-0.3, -0.25) is 9.10 Å². The Labute approximate surface area is 242 Å². The van der Waals surface area contributed by atoms with Crippen LogP contribution >= 0.6 is 11.6 Å². The summed E-state index contributed by atoms with van der Waals surface area (Å²) in [6, 6.07) is 28.7. The van der Waals surface area contributed by atoms with E-state index >= 15 is 0 Å². The second kappa shape index (κ2) is 11.9. The standard InChI is InChI=1S/C33H35ClN2O3S/c1-23-11-20-29(34)21-31(23)36(40(38,39)30-9-7-6-8-10-30)22-25-12-14-27(15-13-25)32(37)35-24(2)26-16-18-28(19-17-26)33(3,4)5/h6-21,24H,22H2,1-5H3,(H,35,37)/t24-/m1/s1. The van der Waals surface area contributed by atoms with Crippen LogP contribution in [0.5, 0.6) is 0 Å². The molecule has 1 N–H and O–H groups in total. The van der Waals surface area contributed by atoms with Gasteiger partial charge in [0.25, 0.3) is 15.9 Å². The van der Waals surface area contributed by atoms with Gasteiger partial charge in [0.1, 0.15) is 0 Å². The first-order valence-electron chi connectivity index (χ1n) is 13.2. The summed E-state index contributed by atoms with van der Waals surface area (Å²) in [6.45, 7) is 10.4. The van der Waals surface area contributed by atoms with Crippen LogP contribution in [0.15, 0.2) is 102 Å². The van der Waals surface area contributed by atoms with Gasteiger partial charge in [-0.2, -0.15) is 0 Å². The van der Waals surface area contributed by atoms with E-state index in [0.29, 0.717) is 16.3 Å². The molecule has 0 aliphatic carbocycles. The lowest BCUT2D eigenvalue weighted by atomic mass is 9.86. The predicted octanol–water partition coefficient (Wildman–Crippen LogP) is 7.83. The molecule has 4 aromatic rings. The number of halogens is 1. The molecule has 40 heavy (non-hydrogen) atoms. The number of hydrogen-bond donors (Lipinski definition) is 1. The molecule has 208 valence electrons. The molecule has 0 unspecified atom stereocenters. The molecule has 0 spiro atoms. The Hall–Kier alpha value is -3.61. The number of nitrogens with one attached hydrogen (secondary N) is 1. The summed E-state index contributed by atoms with van der Waals surface area (Å²) in [7, 11) is -3.88. The summed E-state index contributed by atoms with van der Waals surface area (Å²) in [5.74, 6) is -0.196. The van der Waals surface area contributed by atoms with Crippen molar-refractivity contribution in [2.24, 2.45) is 0 Å². The lowest BCUT2D eigenvalue weighted by Gasteiger charge is -2.26. The molecular formula is C33H35ClN2O3S. The third kappa shape index (κ3) is 6.75. The van der Waals surface area contributed by atoms with Crippen LogP contribution in [-0.4, -0.2) is 14.3 Å². The molecule has 0 radical (unpaired) electrons. The van der Waals surface area contributed by atoms with Gasteiger partial charge in [-0.25, -0.2) is 8.42 Å². The lowest BCUT2D eigenvalue weighted by Crippen LogP contribution is -2.31. The average molecular weight is 575 g/mol. The lowest BCUT2D eigenvalue weighted by molar-refractivity contribution is 0.0940. The first kappa shape index (κ1) is 29.4. The first-order chi connectivity index (χ1) is 18.9. The molecule has 0 saturated heterocycles. The minimum absolute atomic E-state index is 0.0637. The van der Waals surface area contributed by atoms with Crippen molar-refractivity contribution in [3.63, 3.8) is 0 Å². The summed E-state index contributed by atoms with van der Waals surface area (Å²) in [6.07, 6.45) is 0. The van der Waals surface area contributed by atoms with E-state index in [-0.39, 0.29) is 28.8 Å². The molecule has 5 nitrogen and oxygen atoms in total. The molecule has 0 heterocycles. The highest BCUT2D eigenvalue weighted by atomic mass is 35.5. The van der Waals surface area contributed by atoms with Crippen LogP contribution in [0, 0.1) is 6.92 Å². The Morgan fingerprint density at radius 3 is 2.12 bits per heavy atom. The average Bonchev–Trinajstić information content (AvgIpc) is 2.93. The number of aryl methyl sites for hydroxylation is 1. The van der Waals surface area contributed by atoms with Crippen molar-refractivity contribution in [1.29, 1.82) is 0 Å². The number of hydrogen-bond acceptors (Lipinski definition) is 3. The van der Waals surface area contributed by atoms with E-state index in [1.165, 1.54) is 9.87 Å². The van der Waals surface area contributed by atoms with Crippen molar-refractivity contribution >= 4 is 33.2 Å². The number of rotatable bonds is 8. The predicted molar refractivity (Wildman–Crippen MR) is 163 cm³/mol. The molecule has 0 bridgehead atoms. The number of nitrogens with zero attached hydrogens (tertiary/aromatic N) is 1. The van der Waals surface area contributed by atoms with Crippen LogP contribution in [0.4, 0.5) is 5.69 Å². The number of sulfonamides is 1. The SMILES string of the molecule is Cc1ccc(Cl)cc1N(Cc1ccc(C(=O)N[C@H](C)c2ccc(C(C)(C)C)cc2)cc1)S(=O)(=O)c1ccccc1. The van der Waals surface area contributed by atoms with Gasteiger partial charge in [0.2, 0.25) is 0 Å². The molecule has 0 aliphatic heterocycles. The number of amides is 1. The van der Waals surface area contributed by atoms with Gasteiger partial charge in [-0.05, 0) is 77.9 Å².